The minimum atomic E-state index is -0.112. The fourth-order valence-corrected chi connectivity index (χ4v) is 0.869. The Balaban J connectivity index is 3.15. The van der Waals surface area contributed by atoms with Crippen molar-refractivity contribution in [2.24, 2.45) is 0 Å². The highest BCUT2D eigenvalue weighted by molar-refractivity contribution is 5.68. The zero-order chi connectivity index (χ0) is 9.23. The predicted molar refractivity (Wildman–Crippen MR) is 49.9 cm³/mol. The third-order valence-electron chi connectivity index (χ3n) is 1.60. The van der Waals surface area contributed by atoms with Crippen molar-refractivity contribution < 1.29 is 9.53 Å². The average Bonchev–Trinajstić information content (AvgIpc) is 2.10. The van der Waals surface area contributed by atoms with Gasteiger partial charge in [0, 0.05) is 6.42 Å². The van der Waals surface area contributed by atoms with E-state index in [9.17, 15) is 4.79 Å². The first-order chi connectivity index (χ1) is 5.81. The monoisotopic (exact) mass is 170 g/mol. The summed E-state index contributed by atoms with van der Waals surface area (Å²) >= 11 is 0. The number of ether oxygens (including phenoxy) is 1. The van der Waals surface area contributed by atoms with Crippen molar-refractivity contribution in [2.75, 3.05) is 7.11 Å². The number of esters is 1. The van der Waals surface area contributed by atoms with Gasteiger partial charge in [-0.2, -0.15) is 0 Å². The van der Waals surface area contributed by atoms with E-state index in [1.54, 1.807) is 0 Å². The number of hydrogen-bond acceptors (Lipinski definition) is 2. The van der Waals surface area contributed by atoms with Crippen LogP contribution in [-0.4, -0.2) is 13.1 Å². The molecule has 0 spiro atoms. The molecule has 12 heavy (non-hydrogen) atoms. The first kappa shape index (κ1) is 11.2. The van der Waals surface area contributed by atoms with Crippen molar-refractivity contribution in [2.45, 2.75) is 39.0 Å². The van der Waals surface area contributed by atoms with Gasteiger partial charge in [-0.05, 0) is 19.3 Å². The summed E-state index contributed by atoms with van der Waals surface area (Å²) in [5.74, 6) is -0.112. The summed E-state index contributed by atoms with van der Waals surface area (Å²) in [6.07, 6.45) is 9.03. The van der Waals surface area contributed by atoms with E-state index in [0.717, 1.165) is 19.3 Å². The summed E-state index contributed by atoms with van der Waals surface area (Å²) in [5.41, 5.74) is 0. The lowest BCUT2D eigenvalue weighted by Crippen LogP contribution is -1.98. The molecule has 0 saturated carbocycles. The molecule has 0 bridgehead atoms. The molecule has 0 radical (unpaired) electrons. The van der Waals surface area contributed by atoms with Crippen LogP contribution in [0.4, 0.5) is 0 Å². The number of carbonyl (C=O) groups is 1. The topological polar surface area (TPSA) is 26.3 Å². The molecule has 0 fully saturated rings. The summed E-state index contributed by atoms with van der Waals surface area (Å²) in [7, 11) is 1.43. The summed E-state index contributed by atoms with van der Waals surface area (Å²) in [5, 5.41) is 0. The number of carbonyl (C=O) groups excluding carboxylic acids is 1. The Bertz CT molecular complexity index is 139. The van der Waals surface area contributed by atoms with Gasteiger partial charge in [-0.3, -0.25) is 4.79 Å². The van der Waals surface area contributed by atoms with Crippen LogP contribution in [0.5, 0.6) is 0 Å². The van der Waals surface area contributed by atoms with Gasteiger partial charge < -0.3 is 4.74 Å². The molecule has 0 aliphatic carbocycles. The van der Waals surface area contributed by atoms with Gasteiger partial charge in [0.1, 0.15) is 0 Å². The summed E-state index contributed by atoms with van der Waals surface area (Å²) < 4.78 is 4.51. The first-order valence-electron chi connectivity index (χ1n) is 4.53. The molecule has 2 heteroatoms. The van der Waals surface area contributed by atoms with Crippen molar-refractivity contribution in [3.05, 3.63) is 12.2 Å². The quantitative estimate of drug-likeness (QED) is 0.348. The number of allylic oxidation sites excluding steroid dienone is 2. The summed E-state index contributed by atoms with van der Waals surface area (Å²) in [6, 6.07) is 0. The van der Waals surface area contributed by atoms with Crippen LogP contribution in [0.2, 0.25) is 0 Å². The Labute approximate surface area is 74.6 Å². The molecule has 0 amide bonds. The van der Waals surface area contributed by atoms with Gasteiger partial charge in [-0.25, -0.2) is 0 Å². The average molecular weight is 170 g/mol. The molecular formula is C10H18O2. The van der Waals surface area contributed by atoms with Crippen LogP contribution < -0.4 is 0 Å². The fraction of sp³-hybridized carbons (Fsp3) is 0.700. The van der Waals surface area contributed by atoms with Crippen LogP contribution in [0.3, 0.4) is 0 Å². The molecule has 0 saturated heterocycles. The van der Waals surface area contributed by atoms with Crippen LogP contribution in [-0.2, 0) is 9.53 Å². The Hall–Kier alpha value is -0.790. The lowest BCUT2D eigenvalue weighted by molar-refractivity contribution is -0.140. The van der Waals surface area contributed by atoms with Crippen molar-refractivity contribution in [3.63, 3.8) is 0 Å². The molecule has 0 atom stereocenters. The van der Waals surface area contributed by atoms with Crippen LogP contribution >= 0.6 is 0 Å². The van der Waals surface area contributed by atoms with Crippen LogP contribution in [0.15, 0.2) is 12.2 Å². The second-order valence-corrected chi connectivity index (χ2v) is 2.73. The number of methoxy groups -OCH3 is 1. The van der Waals surface area contributed by atoms with E-state index in [1.165, 1.54) is 13.5 Å². The van der Waals surface area contributed by atoms with E-state index < -0.39 is 0 Å². The largest absolute Gasteiger partial charge is 0.469 e. The number of rotatable bonds is 6. The normalized spacial score (nSPS) is 10.5. The molecule has 0 aliphatic heterocycles. The minimum absolute atomic E-state index is 0.112. The Morgan fingerprint density at radius 3 is 2.58 bits per heavy atom. The summed E-state index contributed by atoms with van der Waals surface area (Å²) in [4.78, 5) is 10.7. The number of hydrogen-bond donors (Lipinski definition) is 0. The molecule has 2 nitrogen and oxygen atoms in total. The van der Waals surface area contributed by atoms with Crippen LogP contribution in [0.1, 0.15) is 39.0 Å². The molecule has 70 valence electrons. The molecule has 0 aromatic heterocycles. The smallest absolute Gasteiger partial charge is 0.305 e. The van der Waals surface area contributed by atoms with Crippen molar-refractivity contribution in [1.29, 1.82) is 0 Å². The second-order valence-electron chi connectivity index (χ2n) is 2.73. The molecule has 0 unspecified atom stereocenters. The zero-order valence-electron chi connectivity index (χ0n) is 8.01. The predicted octanol–water partition coefficient (Wildman–Crippen LogP) is 2.69. The fourth-order valence-electron chi connectivity index (χ4n) is 0.869. The highest BCUT2D eigenvalue weighted by Crippen LogP contribution is 1.99. The third-order valence-corrected chi connectivity index (χ3v) is 1.60. The molecule has 0 aromatic rings. The Kier molecular flexibility index (Phi) is 7.76. The van der Waals surface area contributed by atoms with Crippen molar-refractivity contribution >= 4 is 5.97 Å². The standard InChI is InChI=1S/C10H18O2/c1-3-4-5-6-7-8-9-10(11)12-2/h5-6H,3-4,7-9H2,1-2H3/b6-5+. The van der Waals surface area contributed by atoms with Crippen LogP contribution in [0.25, 0.3) is 0 Å². The van der Waals surface area contributed by atoms with E-state index >= 15 is 0 Å². The van der Waals surface area contributed by atoms with Crippen molar-refractivity contribution in [3.8, 4) is 0 Å². The molecular weight excluding hydrogens is 152 g/mol. The lowest BCUT2D eigenvalue weighted by atomic mass is 10.2. The lowest BCUT2D eigenvalue weighted by Gasteiger charge is -1.95. The molecule has 0 N–H and O–H groups in total. The Morgan fingerprint density at radius 2 is 2.00 bits per heavy atom. The van der Waals surface area contributed by atoms with Gasteiger partial charge in [0.25, 0.3) is 0 Å². The van der Waals surface area contributed by atoms with E-state index in [0.29, 0.717) is 6.42 Å². The van der Waals surface area contributed by atoms with Crippen LogP contribution in [0, 0.1) is 0 Å². The maximum absolute atomic E-state index is 10.7. The van der Waals surface area contributed by atoms with Gasteiger partial charge in [0.05, 0.1) is 7.11 Å². The molecule has 0 heterocycles. The minimum Gasteiger partial charge on any atom is -0.469 e. The molecule has 0 aliphatic rings. The van der Waals surface area contributed by atoms with Gasteiger partial charge in [-0.15, -0.1) is 0 Å². The number of unbranched alkanes of at least 4 members (excludes halogenated alkanes) is 2. The first-order valence-corrected chi connectivity index (χ1v) is 4.53. The molecule has 0 aromatic carbocycles. The van der Waals surface area contributed by atoms with Gasteiger partial charge in [0.2, 0.25) is 0 Å². The maximum Gasteiger partial charge on any atom is 0.305 e. The maximum atomic E-state index is 10.7. The van der Waals surface area contributed by atoms with Gasteiger partial charge in [-0.1, -0.05) is 25.5 Å². The highest BCUT2D eigenvalue weighted by Gasteiger charge is 1.96. The molecule has 0 rings (SSSR count). The SMILES string of the molecule is CCC/C=C/CCCC(=O)OC. The second kappa shape index (κ2) is 8.31. The van der Waals surface area contributed by atoms with E-state index in [1.807, 2.05) is 0 Å². The third kappa shape index (κ3) is 7.32. The summed E-state index contributed by atoms with van der Waals surface area (Å²) in [6.45, 7) is 2.15. The van der Waals surface area contributed by atoms with E-state index in [2.05, 4.69) is 23.8 Å². The van der Waals surface area contributed by atoms with Gasteiger partial charge in [0.15, 0.2) is 0 Å². The Morgan fingerprint density at radius 1 is 1.33 bits per heavy atom. The van der Waals surface area contributed by atoms with E-state index in [-0.39, 0.29) is 5.97 Å². The highest BCUT2D eigenvalue weighted by atomic mass is 16.5. The van der Waals surface area contributed by atoms with E-state index in [4.69, 9.17) is 0 Å². The zero-order valence-corrected chi connectivity index (χ0v) is 8.01. The van der Waals surface area contributed by atoms with Gasteiger partial charge >= 0.3 is 5.97 Å². The van der Waals surface area contributed by atoms with Crippen molar-refractivity contribution in [1.82, 2.24) is 0 Å².